The van der Waals surface area contributed by atoms with Gasteiger partial charge in [0.1, 0.15) is 5.69 Å². The first kappa shape index (κ1) is 15.6. The van der Waals surface area contributed by atoms with Crippen molar-refractivity contribution >= 4 is 0 Å². The van der Waals surface area contributed by atoms with Crippen molar-refractivity contribution in [3.05, 3.63) is 53.6 Å². The van der Waals surface area contributed by atoms with Gasteiger partial charge in [0.2, 0.25) is 12.6 Å². The normalized spacial score (nSPS) is 12.5. The molecule has 3 heterocycles. The summed E-state index contributed by atoms with van der Waals surface area (Å²) >= 11 is 0. The molecule has 134 valence electrons. The Morgan fingerprint density at radius 3 is 2.78 bits per heavy atom. The highest BCUT2D eigenvalue weighted by molar-refractivity contribution is 5.69. The zero-order valence-electron chi connectivity index (χ0n) is 14.8. The summed E-state index contributed by atoms with van der Waals surface area (Å²) in [4.78, 5) is 4.48. The molecule has 0 saturated heterocycles. The number of nitrogens with zero attached hydrogens (tertiary/aromatic N) is 3. The van der Waals surface area contributed by atoms with Crippen molar-refractivity contribution < 1.29 is 14.0 Å². The number of hydrogen-bond donors (Lipinski definition) is 1. The second-order valence-electron chi connectivity index (χ2n) is 6.48. The molecule has 0 atom stereocenters. The summed E-state index contributed by atoms with van der Waals surface area (Å²) in [6.07, 6.45) is 0. The van der Waals surface area contributed by atoms with Gasteiger partial charge in [0, 0.05) is 11.1 Å². The Hall–Kier alpha value is -3.61. The summed E-state index contributed by atoms with van der Waals surface area (Å²) in [5, 5.41) is 11.5. The average Bonchev–Trinajstić information content (AvgIpc) is 3.42. The molecule has 27 heavy (non-hydrogen) atoms. The number of aromatic amines is 1. The van der Waals surface area contributed by atoms with Gasteiger partial charge in [0.05, 0.1) is 5.69 Å². The summed E-state index contributed by atoms with van der Waals surface area (Å²) in [5.74, 6) is 2.25. The lowest BCUT2D eigenvalue weighted by Crippen LogP contribution is -1.92. The minimum atomic E-state index is 0.228. The van der Waals surface area contributed by atoms with Crippen LogP contribution in [0.1, 0.15) is 11.1 Å². The Balaban J connectivity index is 1.47. The molecule has 0 saturated carbocycles. The summed E-state index contributed by atoms with van der Waals surface area (Å²) in [5.41, 5.74) is 5.73. The second-order valence-corrected chi connectivity index (χ2v) is 6.48. The Morgan fingerprint density at radius 1 is 0.963 bits per heavy atom. The first-order chi connectivity index (χ1) is 13.2. The van der Waals surface area contributed by atoms with Crippen molar-refractivity contribution in [1.82, 2.24) is 20.3 Å². The van der Waals surface area contributed by atoms with Crippen LogP contribution in [0.25, 0.3) is 34.2 Å². The van der Waals surface area contributed by atoms with Crippen LogP contribution >= 0.6 is 0 Å². The van der Waals surface area contributed by atoms with E-state index < -0.39 is 0 Å². The maximum Gasteiger partial charge on any atom is 0.276 e. The molecule has 7 nitrogen and oxygen atoms in total. The number of rotatable bonds is 3. The van der Waals surface area contributed by atoms with E-state index in [1.165, 1.54) is 5.56 Å². The van der Waals surface area contributed by atoms with Crippen molar-refractivity contribution in [2.24, 2.45) is 0 Å². The third-order valence-electron chi connectivity index (χ3n) is 4.53. The Morgan fingerprint density at radius 2 is 1.85 bits per heavy atom. The third-order valence-corrected chi connectivity index (χ3v) is 4.53. The summed E-state index contributed by atoms with van der Waals surface area (Å²) < 4.78 is 16.2. The highest BCUT2D eigenvalue weighted by atomic mass is 16.7. The van der Waals surface area contributed by atoms with Gasteiger partial charge in [-0.25, -0.2) is 0 Å². The van der Waals surface area contributed by atoms with E-state index in [1.807, 2.05) is 24.3 Å². The molecular weight excluding hydrogens is 344 g/mol. The Bertz CT molecular complexity index is 1150. The molecule has 0 fully saturated rings. The van der Waals surface area contributed by atoms with Gasteiger partial charge < -0.3 is 14.0 Å². The number of hydrogen-bond acceptors (Lipinski definition) is 6. The molecule has 1 aliphatic rings. The van der Waals surface area contributed by atoms with E-state index in [1.54, 1.807) is 0 Å². The molecule has 0 bridgehead atoms. The topological polar surface area (TPSA) is 86.1 Å². The van der Waals surface area contributed by atoms with Crippen molar-refractivity contribution in [3.63, 3.8) is 0 Å². The van der Waals surface area contributed by atoms with Gasteiger partial charge in [-0.3, -0.25) is 5.10 Å². The van der Waals surface area contributed by atoms with Crippen molar-refractivity contribution in [3.8, 4) is 45.7 Å². The summed E-state index contributed by atoms with van der Waals surface area (Å²) in [6, 6.07) is 13.7. The molecule has 7 heteroatoms. The number of nitrogens with one attached hydrogen (secondary N) is 1. The lowest BCUT2D eigenvalue weighted by Gasteiger charge is -2.02. The van der Waals surface area contributed by atoms with E-state index in [0.717, 1.165) is 22.4 Å². The van der Waals surface area contributed by atoms with Gasteiger partial charge in [0.15, 0.2) is 11.5 Å². The van der Waals surface area contributed by atoms with E-state index in [0.29, 0.717) is 28.9 Å². The highest BCUT2D eigenvalue weighted by Crippen LogP contribution is 2.35. The van der Waals surface area contributed by atoms with Gasteiger partial charge in [-0.15, -0.1) is 0 Å². The Kier molecular flexibility index (Phi) is 3.46. The lowest BCUT2D eigenvalue weighted by molar-refractivity contribution is 0.174. The smallest absolute Gasteiger partial charge is 0.276 e. The van der Waals surface area contributed by atoms with Crippen LogP contribution in [-0.4, -0.2) is 27.1 Å². The minimum Gasteiger partial charge on any atom is -0.454 e. The van der Waals surface area contributed by atoms with E-state index in [2.05, 4.69) is 52.4 Å². The van der Waals surface area contributed by atoms with E-state index >= 15 is 0 Å². The van der Waals surface area contributed by atoms with Crippen LogP contribution < -0.4 is 9.47 Å². The van der Waals surface area contributed by atoms with Crippen molar-refractivity contribution in [2.75, 3.05) is 6.79 Å². The molecule has 0 aliphatic carbocycles. The fourth-order valence-corrected chi connectivity index (χ4v) is 3.07. The predicted molar refractivity (Wildman–Crippen MR) is 98.3 cm³/mol. The Labute approximate surface area is 155 Å². The van der Waals surface area contributed by atoms with Crippen LogP contribution in [0.15, 0.2) is 47.0 Å². The van der Waals surface area contributed by atoms with Gasteiger partial charge in [-0.1, -0.05) is 22.9 Å². The standard InChI is InChI=1S/C20H16N4O3/c1-11-3-4-12(2)14(7-11)15-9-16(23-22-15)20-21-19(24-27-20)13-5-6-17-18(8-13)26-10-25-17/h3-9H,10H2,1-2H3,(H,22,23). The fourth-order valence-electron chi connectivity index (χ4n) is 3.07. The molecule has 2 aromatic carbocycles. The molecule has 1 aliphatic heterocycles. The summed E-state index contributed by atoms with van der Waals surface area (Å²) in [6.45, 7) is 4.35. The molecule has 2 aromatic heterocycles. The first-order valence-corrected chi connectivity index (χ1v) is 8.54. The monoisotopic (exact) mass is 360 g/mol. The van der Waals surface area contributed by atoms with Crippen LogP contribution in [-0.2, 0) is 0 Å². The third kappa shape index (κ3) is 2.73. The number of aryl methyl sites for hydroxylation is 2. The molecule has 1 N–H and O–H groups in total. The van der Waals surface area contributed by atoms with Crippen LogP contribution in [0.4, 0.5) is 0 Å². The average molecular weight is 360 g/mol. The highest BCUT2D eigenvalue weighted by Gasteiger charge is 2.18. The quantitative estimate of drug-likeness (QED) is 0.591. The fraction of sp³-hybridized carbons (Fsp3) is 0.150. The maximum atomic E-state index is 5.42. The number of benzene rings is 2. The van der Waals surface area contributed by atoms with Crippen molar-refractivity contribution in [1.29, 1.82) is 0 Å². The molecule has 4 aromatic rings. The second kappa shape index (κ2) is 5.98. The van der Waals surface area contributed by atoms with Crippen molar-refractivity contribution in [2.45, 2.75) is 13.8 Å². The molecule has 5 rings (SSSR count). The van der Waals surface area contributed by atoms with Crippen LogP contribution in [0.3, 0.4) is 0 Å². The molecular formula is C20H16N4O3. The van der Waals surface area contributed by atoms with E-state index in [9.17, 15) is 0 Å². The zero-order valence-corrected chi connectivity index (χ0v) is 14.8. The molecule has 0 amide bonds. The number of ether oxygens (including phenoxy) is 2. The van der Waals surface area contributed by atoms with Gasteiger partial charge in [-0.2, -0.15) is 10.1 Å². The first-order valence-electron chi connectivity index (χ1n) is 8.54. The number of aromatic nitrogens is 4. The molecule has 0 radical (unpaired) electrons. The molecule has 0 unspecified atom stereocenters. The number of fused-ring (bicyclic) bond motifs is 1. The van der Waals surface area contributed by atoms with Crippen LogP contribution in [0.5, 0.6) is 11.5 Å². The lowest BCUT2D eigenvalue weighted by atomic mass is 10.0. The van der Waals surface area contributed by atoms with Gasteiger partial charge in [-0.05, 0) is 49.7 Å². The maximum absolute atomic E-state index is 5.42. The molecule has 0 spiro atoms. The SMILES string of the molecule is Cc1ccc(C)c(-c2cc(-c3nc(-c4ccc5c(c4)OCO5)no3)[nH]n2)c1. The predicted octanol–water partition coefficient (Wildman–Crippen LogP) is 4.14. The number of H-pyrrole nitrogens is 1. The van der Waals surface area contributed by atoms with E-state index in [-0.39, 0.29) is 6.79 Å². The minimum absolute atomic E-state index is 0.228. The van der Waals surface area contributed by atoms with Gasteiger partial charge >= 0.3 is 0 Å². The van der Waals surface area contributed by atoms with Gasteiger partial charge in [0.25, 0.3) is 5.89 Å². The zero-order chi connectivity index (χ0) is 18.4. The largest absolute Gasteiger partial charge is 0.454 e. The summed E-state index contributed by atoms with van der Waals surface area (Å²) in [7, 11) is 0. The van der Waals surface area contributed by atoms with E-state index in [4.69, 9.17) is 14.0 Å². The van der Waals surface area contributed by atoms with Crippen LogP contribution in [0, 0.1) is 13.8 Å². The van der Waals surface area contributed by atoms with Crippen LogP contribution in [0.2, 0.25) is 0 Å².